The molecule has 2 heterocycles. The van der Waals surface area contributed by atoms with Crippen molar-refractivity contribution in [1.82, 2.24) is 0 Å². The van der Waals surface area contributed by atoms with E-state index in [-0.39, 0.29) is 6.04 Å². The zero-order valence-corrected chi connectivity index (χ0v) is 13.1. The first-order valence-electron chi connectivity index (χ1n) is 7.32. The van der Waals surface area contributed by atoms with Crippen LogP contribution in [0.2, 0.25) is 0 Å². The summed E-state index contributed by atoms with van der Waals surface area (Å²) in [6.07, 6.45) is 2.49. The van der Waals surface area contributed by atoms with Gasteiger partial charge in [0, 0.05) is 21.5 Å². The van der Waals surface area contributed by atoms with Crippen molar-refractivity contribution < 1.29 is 0 Å². The Morgan fingerprint density at radius 3 is 2.85 bits per heavy atom. The molecular formula is C17H19NS2. The van der Waals surface area contributed by atoms with Crippen molar-refractivity contribution >= 4 is 23.1 Å². The molecule has 2 N–H and O–H groups in total. The lowest BCUT2D eigenvalue weighted by Gasteiger charge is -2.09. The molecule has 0 radical (unpaired) electrons. The van der Waals surface area contributed by atoms with Gasteiger partial charge in [-0.3, -0.25) is 0 Å². The maximum Gasteiger partial charge on any atom is 0.0424 e. The first-order chi connectivity index (χ1) is 9.83. The molecule has 0 spiro atoms. The third kappa shape index (κ3) is 2.32. The van der Waals surface area contributed by atoms with Gasteiger partial charge in [0.15, 0.2) is 0 Å². The van der Waals surface area contributed by atoms with Gasteiger partial charge in [-0.25, -0.2) is 0 Å². The van der Waals surface area contributed by atoms with E-state index >= 15 is 0 Å². The van der Waals surface area contributed by atoms with Gasteiger partial charge in [0.25, 0.3) is 0 Å². The summed E-state index contributed by atoms with van der Waals surface area (Å²) in [6, 6.07) is 13.5. The number of fused-ring (bicyclic) bond motifs is 1. The number of thiophene rings is 1. The maximum atomic E-state index is 6.54. The molecule has 4 rings (SSSR count). The fourth-order valence-corrected chi connectivity index (χ4v) is 5.69. The predicted molar refractivity (Wildman–Crippen MR) is 88.4 cm³/mol. The van der Waals surface area contributed by atoms with E-state index in [0.29, 0.717) is 11.8 Å². The van der Waals surface area contributed by atoms with Crippen LogP contribution in [0.3, 0.4) is 0 Å². The molecule has 0 amide bonds. The second kappa shape index (κ2) is 5.21. The van der Waals surface area contributed by atoms with Crippen LogP contribution in [0.4, 0.5) is 0 Å². The molecule has 0 bridgehead atoms. The molecule has 1 aromatic carbocycles. The molecule has 3 atom stereocenters. The van der Waals surface area contributed by atoms with E-state index in [9.17, 15) is 0 Å². The van der Waals surface area contributed by atoms with Gasteiger partial charge in [-0.2, -0.15) is 11.8 Å². The second-order valence-electron chi connectivity index (χ2n) is 5.84. The zero-order chi connectivity index (χ0) is 13.5. The van der Waals surface area contributed by atoms with Crippen molar-refractivity contribution in [2.45, 2.75) is 30.6 Å². The number of hydrogen-bond donors (Lipinski definition) is 1. The Morgan fingerprint density at radius 1 is 1.20 bits per heavy atom. The highest BCUT2D eigenvalue weighted by Crippen LogP contribution is 2.54. The van der Waals surface area contributed by atoms with E-state index in [1.54, 1.807) is 10.4 Å². The van der Waals surface area contributed by atoms with Crippen LogP contribution >= 0.6 is 23.1 Å². The summed E-state index contributed by atoms with van der Waals surface area (Å²) in [7, 11) is 0. The minimum absolute atomic E-state index is 0.237. The van der Waals surface area contributed by atoms with E-state index in [1.165, 1.54) is 34.8 Å². The SMILES string of the molecule is NC(c1cc2c(s1)CCSC2)C1CC1c1ccccc1. The Kier molecular flexibility index (Phi) is 3.37. The highest BCUT2D eigenvalue weighted by molar-refractivity contribution is 7.98. The third-order valence-electron chi connectivity index (χ3n) is 4.50. The third-order valence-corrected chi connectivity index (χ3v) is 6.85. The molecule has 1 aliphatic carbocycles. The van der Waals surface area contributed by atoms with Crippen LogP contribution in [0.1, 0.15) is 39.3 Å². The first-order valence-corrected chi connectivity index (χ1v) is 9.30. The standard InChI is InChI=1S/C17H19NS2/c18-17(14-9-13(14)11-4-2-1-3-5-11)16-8-12-10-19-7-6-15(12)20-16/h1-5,8,13-14,17H,6-7,9-10,18H2. The molecule has 20 heavy (non-hydrogen) atoms. The van der Waals surface area contributed by atoms with Gasteiger partial charge in [0.05, 0.1) is 0 Å². The van der Waals surface area contributed by atoms with Crippen LogP contribution in [0.15, 0.2) is 36.4 Å². The van der Waals surface area contributed by atoms with E-state index < -0.39 is 0 Å². The average molecular weight is 301 g/mol. The van der Waals surface area contributed by atoms with E-state index in [2.05, 4.69) is 36.4 Å². The molecule has 2 aliphatic rings. The van der Waals surface area contributed by atoms with Crippen LogP contribution in [-0.2, 0) is 12.2 Å². The lowest BCUT2D eigenvalue weighted by molar-refractivity contribution is 0.626. The topological polar surface area (TPSA) is 26.0 Å². The van der Waals surface area contributed by atoms with Crippen molar-refractivity contribution in [3.8, 4) is 0 Å². The molecule has 1 fully saturated rings. The van der Waals surface area contributed by atoms with Crippen molar-refractivity contribution in [2.24, 2.45) is 11.7 Å². The number of rotatable bonds is 3. The molecule has 1 nitrogen and oxygen atoms in total. The number of benzene rings is 1. The van der Waals surface area contributed by atoms with Crippen LogP contribution in [0.25, 0.3) is 0 Å². The van der Waals surface area contributed by atoms with E-state index in [4.69, 9.17) is 5.73 Å². The summed E-state index contributed by atoms with van der Waals surface area (Å²) in [6.45, 7) is 0. The normalized spacial score (nSPS) is 26.1. The lowest BCUT2D eigenvalue weighted by atomic mass is 10.0. The van der Waals surface area contributed by atoms with Crippen molar-refractivity contribution in [1.29, 1.82) is 0 Å². The highest BCUT2D eigenvalue weighted by Gasteiger charge is 2.43. The maximum absolute atomic E-state index is 6.54. The molecule has 3 unspecified atom stereocenters. The fraction of sp³-hybridized carbons (Fsp3) is 0.412. The molecule has 0 saturated heterocycles. The minimum atomic E-state index is 0.237. The Labute approximate surface area is 128 Å². The molecule has 1 aliphatic heterocycles. The van der Waals surface area contributed by atoms with Gasteiger partial charge in [-0.05, 0) is 47.6 Å². The number of nitrogens with two attached hydrogens (primary N) is 1. The van der Waals surface area contributed by atoms with Crippen molar-refractivity contribution in [3.63, 3.8) is 0 Å². The second-order valence-corrected chi connectivity index (χ2v) is 8.12. The highest BCUT2D eigenvalue weighted by atomic mass is 32.2. The van der Waals surface area contributed by atoms with Crippen molar-refractivity contribution in [2.75, 3.05) is 5.75 Å². The van der Waals surface area contributed by atoms with E-state index in [0.717, 1.165) is 0 Å². The smallest absolute Gasteiger partial charge is 0.0424 e. The summed E-state index contributed by atoms with van der Waals surface area (Å²) >= 11 is 4.02. The van der Waals surface area contributed by atoms with Gasteiger partial charge >= 0.3 is 0 Å². The van der Waals surface area contributed by atoms with Crippen LogP contribution in [0.5, 0.6) is 0 Å². The number of hydrogen-bond acceptors (Lipinski definition) is 3. The van der Waals surface area contributed by atoms with Gasteiger partial charge in [0.2, 0.25) is 0 Å². The summed E-state index contributed by atoms with van der Waals surface area (Å²) in [5, 5.41) is 0. The molecule has 3 heteroatoms. The van der Waals surface area contributed by atoms with Gasteiger partial charge in [-0.1, -0.05) is 30.3 Å². The Hall–Kier alpha value is -0.770. The van der Waals surface area contributed by atoms with Crippen molar-refractivity contribution in [3.05, 3.63) is 57.3 Å². The molecular weight excluding hydrogens is 282 g/mol. The lowest BCUT2D eigenvalue weighted by Crippen LogP contribution is -2.11. The van der Waals surface area contributed by atoms with Crippen LogP contribution < -0.4 is 5.73 Å². The Bertz CT molecular complexity index is 581. The quantitative estimate of drug-likeness (QED) is 0.912. The molecule has 1 saturated carbocycles. The minimum Gasteiger partial charge on any atom is -0.323 e. The van der Waals surface area contributed by atoms with Gasteiger partial charge in [0.1, 0.15) is 0 Å². The monoisotopic (exact) mass is 301 g/mol. The average Bonchev–Trinajstić information content (AvgIpc) is 3.18. The summed E-state index contributed by atoms with van der Waals surface area (Å²) in [5.74, 6) is 3.79. The molecule has 2 aromatic rings. The summed E-state index contributed by atoms with van der Waals surface area (Å²) < 4.78 is 0. The Balaban J connectivity index is 1.51. The number of aryl methyl sites for hydroxylation is 1. The van der Waals surface area contributed by atoms with Gasteiger partial charge in [-0.15, -0.1) is 11.3 Å². The molecule has 1 aromatic heterocycles. The van der Waals surface area contributed by atoms with Crippen LogP contribution in [-0.4, -0.2) is 5.75 Å². The Morgan fingerprint density at radius 2 is 2.05 bits per heavy atom. The van der Waals surface area contributed by atoms with E-state index in [1.807, 2.05) is 23.1 Å². The summed E-state index contributed by atoms with van der Waals surface area (Å²) in [5.41, 5.74) is 9.56. The fourth-order valence-electron chi connectivity index (χ4n) is 3.24. The zero-order valence-electron chi connectivity index (χ0n) is 11.4. The van der Waals surface area contributed by atoms with Gasteiger partial charge < -0.3 is 5.73 Å². The van der Waals surface area contributed by atoms with Crippen LogP contribution in [0, 0.1) is 5.92 Å². The number of thioether (sulfide) groups is 1. The largest absolute Gasteiger partial charge is 0.323 e. The first kappa shape index (κ1) is 12.9. The predicted octanol–water partition coefficient (Wildman–Crippen LogP) is 4.34. The summed E-state index contributed by atoms with van der Waals surface area (Å²) in [4.78, 5) is 3.01. The molecule has 104 valence electrons.